The summed E-state index contributed by atoms with van der Waals surface area (Å²) in [5.41, 5.74) is 0.0425. The monoisotopic (exact) mass is 427 g/mol. The van der Waals surface area contributed by atoms with Crippen molar-refractivity contribution in [1.82, 2.24) is 5.32 Å². The molecule has 0 aliphatic carbocycles. The van der Waals surface area contributed by atoms with E-state index in [1.807, 2.05) is 13.8 Å². The minimum atomic E-state index is -0.737. The number of hydrogen-bond donors (Lipinski definition) is 1. The van der Waals surface area contributed by atoms with Gasteiger partial charge in [0.05, 0.1) is 24.3 Å². The lowest BCUT2D eigenvalue weighted by Crippen LogP contribution is -2.24. The van der Waals surface area contributed by atoms with Gasteiger partial charge in [0.15, 0.2) is 11.5 Å². The van der Waals surface area contributed by atoms with Crippen LogP contribution in [-0.4, -0.2) is 45.2 Å². The second kappa shape index (κ2) is 8.93. The topological polar surface area (TPSA) is 83.1 Å². The number of nitrogens with one attached hydrogen (secondary N) is 1. The van der Waals surface area contributed by atoms with Gasteiger partial charge in [-0.2, -0.15) is 0 Å². The lowest BCUT2D eigenvalue weighted by Gasteiger charge is -2.23. The zero-order valence-electron chi connectivity index (χ0n) is 15.2. The highest BCUT2D eigenvalue weighted by atomic mass is 79.9. The molecule has 1 N–H and O–H groups in total. The Hall–Kier alpha value is -2.22. The molecule has 2 rings (SSSR count). The number of methoxy groups -OCH3 is 2. The van der Waals surface area contributed by atoms with E-state index in [9.17, 15) is 9.59 Å². The van der Waals surface area contributed by atoms with E-state index in [4.69, 9.17) is 18.9 Å². The van der Waals surface area contributed by atoms with Gasteiger partial charge in [0.1, 0.15) is 18.8 Å². The molecule has 0 amide bonds. The maximum absolute atomic E-state index is 13.1. The predicted molar refractivity (Wildman–Crippen MR) is 99.0 cm³/mol. The number of rotatable bonds is 7. The maximum Gasteiger partial charge on any atom is 0.343 e. The molecule has 0 saturated heterocycles. The molecule has 8 heteroatoms. The molecule has 1 heterocycles. The van der Waals surface area contributed by atoms with Crippen LogP contribution < -0.4 is 19.5 Å². The number of esters is 1. The van der Waals surface area contributed by atoms with Crippen molar-refractivity contribution in [3.63, 3.8) is 0 Å². The van der Waals surface area contributed by atoms with E-state index in [0.29, 0.717) is 29.2 Å². The van der Waals surface area contributed by atoms with Crippen LogP contribution in [0.1, 0.15) is 30.6 Å². The van der Waals surface area contributed by atoms with Gasteiger partial charge in [0.25, 0.3) is 0 Å². The van der Waals surface area contributed by atoms with Gasteiger partial charge in [-0.25, -0.2) is 4.79 Å². The summed E-state index contributed by atoms with van der Waals surface area (Å²) >= 11 is 3.38. The first-order chi connectivity index (χ1) is 12.4. The number of benzene rings is 1. The summed E-state index contributed by atoms with van der Waals surface area (Å²) < 4.78 is 21.9. The Balaban J connectivity index is 2.51. The highest BCUT2D eigenvalue weighted by molar-refractivity contribution is 9.10. The summed E-state index contributed by atoms with van der Waals surface area (Å²) in [4.78, 5) is 25.2. The third kappa shape index (κ3) is 4.12. The maximum atomic E-state index is 13.1. The summed E-state index contributed by atoms with van der Waals surface area (Å²) in [5, 5.41) is 3.02. The summed E-state index contributed by atoms with van der Waals surface area (Å²) in [6, 6.07) is 1.64. The third-order valence-corrected chi connectivity index (χ3v) is 4.53. The normalized spacial score (nSPS) is 14.4. The zero-order valence-corrected chi connectivity index (χ0v) is 16.8. The SMILES string of the molecule is CCC(C)N/C=C(\C(=O)OC)C(=O)c1cc(Br)c2c(c1OC)OCCO2. The second-order valence-corrected chi connectivity index (χ2v) is 6.50. The number of halogens is 1. The number of ketones is 1. The fraction of sp³-hybridized carbons (Fsp3) is 0.444. The Morgan fingerprint density at radius 1 is 1.31 bits per heavy atom. The lowest BCUT2D eigenvalue weighted by molar-refractivity contribution is -0.135. The van der Waals surface area contributed by atoms with Crippen molar-refractivity contribution >= 4 is 27.7 Å². The van der Waals surface area contributed by atoms with Gasteiger partial charge >= 0.3 is 5.97 Å². The second-order valence-electron chi connectivity index (χ2n) is 5.65. The number of hydrogen-bond acceptors (Lipinski definition) is 7. The lowest BCUT2D eigenvalue weighted by atomic mass is 10.0. The Bertz CT molecular complexity index is 731. The molecule has 1 aliphatic rings. The number of carbonyl (C=O) groups is 2. The minimum Gasteiger partial charge on any atom is -0.492 e. The van der Waals surface area contributed by atoms with Crippen molar-refractivity contribution in [2.45, 2.75) is 26.3 Å². The molecule has 26 heavy (non-hydrogen) atoms. The number of carbonyl (C=O) groups excluding carboxylic acids is 2. The van der Waals surface area contributed by atoms with Gasteiger partial charge in [-0.3, -0.25) is 4.79 Å². The van der Waals surface area contributed by atoms with E-state index < -0.39 is 11.8 Å². The average Bonchev–Trinajstić information content (AvgIpc) is 2.67. The van der Waals surface area contributed by atoms with Crippen molar-refractivity contribution < 1.29 is 28.5 Å². The first-order valence-corrected chi connectivity index (χ1v) is 8.99. The Kier molecular flexibility index (Phi) is 6.90. The van der Waals surface area contributed by atoms with Crippen LogP contribution in [0.4, 0.5) is 0 Å². The Morgan fingerprint density at radius 2 is 1.96 bits per heavy atom. The van der Waals surface area contributed by atoms with Gasteiger partial charge in [0.2, 0.25) is 11.5 Å². The van der Waals surface area contributed by atoms with Gasteiger partial charge in [-0.1, -0.05) is 6.92 Å². The minimum absolute atomic E-state index is 0.0938. The molecule has 0 radical (unpaired) electrons. The zero-order chi connectivity index (χ0) is 19.3. The standard InChI is InChI=1S/C18H22BrNO6/c1-5-10(2)20-9-12(18(22)24-4)14(21)11-8-13(19)16-17(15(11)23-3)26-7-6-25-16/h8-10,20H,5-7H2,1-4H3/b12-9-. The summed E-state index contributed by atoms with van der Waals surface area (Å²) in [7, 11) is 2.65. The first kappa shape index (κ1) is 20.1. The third-order valence-electron chi connectivity index (χ3n) is 3.94. The molecule has 0 bridgehead atoms. The van der Waals surface area contributed by atoms with Crippen LogP contribution in [0.3, 0.4) is 0 Å². The van der Waals surface area contributed by atoms with E-state index in [0.717, 1.165) is 6.42 Å². The Morgan fingerprint density at radius 3 is 2.54 bits per heavy atom. The van der Waals surface area contributed by atoms with Gasteiger partial charge in [0, 0.05) is 12.2 Å². The molecule has 7 nitrogen and oxygen atoms in total. The Labute approximate surface area is 160 Å². The van der Waals surface area contributed by atoms with Crippen molar-refractivity contribution in [3.05, 3.63) is 27.9 Å². The predicted octanol–water partition coefficient (Wildman–Crippen LogP) is 2.86. The molecule has 1 atom stereocenters. The fourth-order valence-corrected chi connectivity index (χ4v) is 2.86. The summed E-state index contributed by atoms with van der Waals surface area (Å²) in [6.07, 6.45) is 2.21. The van der Waals surface area contributed by atoms with E-state index in [1.165, 1.54) is 20.4 Å². The molecule has 1 aromatic carbocycles. The van der Waals surface area contributed by atoms with Gasteiger partial charge in [-0.05, 0) is 35.3 Å². The molecule has 1 unspecified atom stereocenters. The van der Waals surface area contributed by atoms with Crippen LogP contribution in [0.25, 0.3) is 0 Å². The number of ether oxygens (including phenoxy) is 4. The number of fused-ring (bicyclic) bond motifs is 1. The van der Waals surface area contributed by atoms with Gasteiger partial charge in [-0.15, -0.1) is 0 Å². The molecule has 0 aromatic heterocycles. The molecule has 142 valence electrons. The van der Waals surface area contributed by atoms with E-state index >= 15 is 0 Å². The van der Waals surface area contributed by atoms with E-state index in [2.05, 4.69) is 21.2 Å². The van der Waals surface area contributed by atoms with Crippen LogP contribution in [0.15, 0.2) is 22.3 Å². The first-order valence-electron chi connectivity index (χ1n) is 8.19. The van der Waals surface area contributed by atoms with Crippen LogP contribution >= 0.6 is 15.9 Å². The van der Waals surface area contributed by atoms with Crippen molar-refractivity contribution in [1.29, 1.82) is 0 Å². The van der Waals surface area contributed by atoms with E-state index in [-0.39, 0.29) is 22.9 Å². The highest BCUT2D eigenvalue weighted by Gasteiger charge is 2.30. The smallest absolute Gasteiger partial charge is 0.343 e. The summed E-state index contributed by atoms with van der Waals surface area (Å²) in [6.45, 7) is 4.67. The highest BCUT2D eigenvalue weighted by Crippen LogP contribution is 2.47. The van der Waals surface area contributed by atoms with E-state index in [1.54, 1.807) is 6.07 Å². The van der Waals surface area contributed by atoms with Crippen molar-refractivity contribution in [3.8, 4) is 17.2 Å². The fourth-order valence-electron chi connectivity index (χ4n) is 2.33. The number of Topliss-reactive ketones (excluding diaryl/α,β-unsaturated/α-hetero) is 1. The average molecular weight is 428 g/mol. The quantitative estimate of drug-likeness (QED) is 0.235. The largest absolute Gasteiger partial charge is 0.492 e. The van der Waals surface area contributed by atoms with Crippen molar-refractivity contribution in [2.75, 3.05) is 27.4 Å². The molecular weight excluding hydrogens is 406 g/mol. The van der Waals surface area contributed by atoms with Crippen LogP contribution in [0.2, 0.25) is 0 Å². The van der Waals surface area contributed by atoms with Gasteiger partial charge < -0.3 is 24.3 Å². The van der Waals surface area contributed by atoms with Crippen LogP contribution in [0, 0.1) is 0 Å². The molecule has 0 fully saturated rings. The molecule has 1 aliphatic heterocycles. The molecular formula is C18H22BrNO6. The molecule has 0 spiro atoms. The molecule has 0 saturated carbocycles. The van der Waals surface area contributed by atoms with Crippen LogP contribution in [0.5, 0.6) is 17.2 Å². The summed E-state index contributed by atoms with van der Waals surface area (Å²) in [5.74, 6) is -0.270. The molecule has 1 aromatic rings. The van der Waals surface area contributed by atoms with Crippen molar-refractivity contribution in [2.24, 2.45) is 0 Å². The van der Waals surface area contributed by atoms with Crippen LogP contribution in [-0.2, 0) is 9.53 Å².